The first kappa shape index (κ1) is 6.77. The maximum Gasteiger partial charge on any atom is 0.0798 e. The molecule has 1 aliphatic heterocycles. The maximum atomic E-state index is 8.90. The minimum absolute atomic E-state index is 0.199. The van der Waals surface area contributed by atoms with Gasteiger partial charge in [-0.15, -0.1) is 0 Å². The summed E-state index contributed by atoms with van der Waals surface area (Å²) in [6, 6.07) is 0. The minimum atomic E-state index is -0.199. The summed E-state index contributed by atoms with van der Waals surface area (Å²) < 4.78 is 6.15. The lowest BCUT2D eigenvalue weighted by Gasteiger charge is -2.00. The van der Waals surface area contributed by atoms with Crippen molar-refractivity contribution in [1.82, 2.24) is 0 Å². The lowest BCUT2D eigenvalue weighted by atomic mass is 10.2. The second kappa shape index (κ2) is 2.98. The van der Waals surface area contributed by atoms with Crippen molar-refractivity contribution in [2.45, 2.75) is 18.6 Å². The number of aliphatic hydroxyl groups is 1. The fourth-order valence-corrected chi connectivity index (χ4v) is 1.41. The van der Waals surface area contributed by atoms with Gasteiger partial charge in [0.2, 0.25) is 0 Å². The number of alkyl halides is 1. The van der Waals surface area contributed by atoms with Gasteiger partial charge in [-0.2, -0.15) is 0 Å². The van der Waals surface area contributed by atoms with Gasteiger partial charge in [0.15, 0.2) is 0 Å². The van der Waals surface area contributed by atoms with Gasteiger partial charge < -0.3 is 9.84 Å². The van der Waals surface area contributed by atoms with Crippen LogP contribution in [0, 0.1) is 0 Å². The molecule has 0 aromatic heterocycles. The molecule has 0 spiro atoms. The monoisotopic (exact) mass is 228 g/mol. The van der Waals surface area contributed by atoms with Gasteiger partial charge in [-0.25, -0.2) is 0 Å². The van der Waals surface area contributed by atoms with Gasteiger partial charge in [0.05, 0.1) is 18.8 Å². The quantitative estimate of drug-likeness (QED) is 0.525. The fraction of sp³-hybridized carbons (Fsp3) is 1.00. The Morgan fingerprint density at radius 2 is 2.50 bits per heavy atom. The summed E-state index contributed by atoms with van der Waals surface area (Å²) in [6.07, 6.45) is 0.934. The summed E-state index contributed by atoms with van der Waals surface area (Å²) in [7, 11) is 0. The zero-order chi connectivity index (χ0) is 5.98. The maximum absolute atomic E-state index is 8.90. The van der Waals surface area contributed by atoms with Crippen LogP contribution < -0.4 is 0 Å². The summed E-state index contributed by atoms with van der Waals surface area (Å²) >= 11 is 2.26. The third kappa shape index (κ3) is 1.56. The molecule has 1 fully saturated rings. The van der Waals surface area contributed by atoms with Crippen LogP contribution in [0.4, 0.5) is 0 Å². The number of halogens is 1. The second-order valence-corrected chi connectivity index (χ2v) is 2.88. The molecule has 0 unspecified atom stereocenters. The van der Waals surface area contributed by atoms with Crippen LogP contribution in [0.15, 0.2) is 0 Å². The molecule has 2 atom stereocenters. The van der Waals surface area contributed by atoms with Gasteiger partial charge >= 0.3 is 0 Å². The molecule has 3 heteroatoms. The SMILES string of the molecule is O[C@@H]1CO[C@@H](CI)C1. The zero-order valence-electron chi connectivity index (χ0n) is 4.51. The lowest BCUT2D eigenvalue weighted by molar-refractivity contribution is 0.100. The van der Waals surface area contributed by atoms with Crippen molar-refractivity contribution in [3.63, 3.8) is 0 Å². The molecule has 0 saturated carbocycles. The Hall–Kier alpha value is 0.650. The molecule has 1 rings (SSSR count). The van der Waals surface area contributed by atoms with Crippen molar-refractivity contribution in [1.29, 1.82) is 0 Å². The van der Waals surface area contributed by atoms with Crippen LogP contribution in [0.1, 0.15) is 6.42 Å². The highest BCUT2D eigenvalue weighted by atomic mass is 127. The summed E-state index contributed by atoms with van der Waals surface area (Å²) in [6.45, 7) is 0.535. The molecule has 0 amide bonds. The second-order valence-electron chi connectivity index (χ2n) is 2.00. The van der Waals surface area contributed by atoms with E-state index in [1.54, 1.807) is 0 Å². The summed E-state index contributed by atoms with van der Waals surface area (Å²) in [5.74, 6) is 0. The Labute approximate surface area is 62.4 Å². The summed E-state index contributed by atoms with van der Waals surface area (Å²) in [4.78, 5) is 0. The highest BCUT2D eigenvalue weighted by Crippen LogP contribution is 2.14. The van der Waals surface area contributed by atoms with E-state index in [0.717, 1.165) is 10.8 Å². The largest absolute Gasteiger partial charge is 0.391 e. The number of hydrogen-bond donors (Lipinski definition) is 1. The average molecular weight is 228 g/mol. The van der Waals surface area contributed by atoms with Crippen LogP contribution in [0.25, 0.3) is 0 Å². The van der Waals surface area contributed by atoms with Crippen molar-refractivity contribution in [2.75, 3.05) is 11.0 Å². The van der Waals surface area contributed by atoms with E-state index < -0.39 is 0 Å². The average Bonchev–Trinajstić information content (AvgIpc) is 2.14. The van der Waals surface area contributed by atoms with Crippen molar-refractivity contribution in [3.8, 4) is 0 Å². The van der Waals surface area contributed by atoms with E-state index in [9.17, 15) is 0 Å². The van der Waals surface area contributed by atoms with Crippen molar-refractivity contribution in [2.24, 2.45) is 0 Å². The van der Waals surface area contributed by atoms with E-state index in [4.69, 9.17) is 9.84 Å². The van der Waals surface area contributed by atoms with E-state index in [0.29, 0.717) is 12.7 Å². The zero-order valence-corrected chi connectivity index (χ0v) is 6.67. The molecule has 1 N–H and O–H groups in total. The Balaban J connectivity index is 2.22. The van der Waals surface area contributed by atoms with Gasteiger partial charge in [-0.3, -0.25) is 0 Å². The van der Waals surface area contributed by atoms with Crippen molar-refractivity contribution >= 4 is 22.6 Å². The normalized spacial score (nSPS) is 38.2. The Morgan fingerprint density at radius 3 is 2.75 bits per heavy atom. The molecule has 1 aliphatic rings. The van der Waals surface area contributed by atoms with Crippen molar-refractivity contribution < 1.29 is 9.84 Å². The first-order valence-electron chi connectivity index (χ1n) is 2.68. The Bertz CT molecular complexity index is 76.8. The van der Waals surface area contributed by atoms with Gasteiger partial charge in [0.25, 0.3) is 0 Å². The topological polar surface area (TPSA) is 29.5 Å². The van der Waals surface area contributed by atoms with E-state index in [1.807, 2.05) is 0 Å². The predicted octanol–water partition coefficient (Wildman–Crippen LogP) is 0.571. The van der Waals surface area contributed by atoms with Crippen molar-refractivity contribution in [3.05, 3.63) is 0 Å². The van der Waals surface area contributed by atoms with Gasteiger partial charge in [0, 0.05) is 10.8 Å². The van der Waals surface area contributed by atoms with E-state index in [2.05, 4.69) is 22.6 Å². The first-order valence-corrected chi connectivity index (χ1v) is 4.21. The van der Waals surface area contributed by atoms with Crippen LogP contribution in [-0.2, 0) is 4.74 Å². The highest BCUT2D eigenvalue weighted by Gasteiger charge is 2.21. The fourth-order valence-electron chi connectivity index (χ4n) is 0.794. The number of aliphatic hydroxyl groups excluding tert-OH is 1. The van der Waals surface area contributed by atoms with E-state index >= 15 is 0 Å². The van der Waals surface area contributed by atoms with Gasteiger partial charge in [-0.05, 0) is 0 Å². The molecule has 0 radical (unpaired) electrons. The molecular formula is C5H9IO2. The molecule has 2 nitrogen and oxygen atoms in total. The van der Waals surface area contributed by atoms with Gasteiger partial charge in [-0.1, -0.05) is 22.6 Å². The van der Waals surface area contributed by atoms with Gasteiger partial charge in [0.1, 0.15) is 0 Å². The third-order valence-electron chi connectivity index (χ3n) is 1.23. The molecular weight excluding hydrogens is 219 g/mol. The van der Waals surface area contributed by atoms with E-state index in [-0.39, 0.29) is 6.10 Å². The molecule has 1 saturated heterocycles. The highest BCUT2D eigenvalue weighted by molar-refractivity contribution is 14.1. The molecule has 0 aromatic rings. The predicted molar refractivity (Wildman–Crippen MR) is 39.3 cm³/mol. The lowest BCUT2D eigenvalue weighted by Crippen LogP contribution is -2.06. The third-order valence-corrected chi connectivity index (χ3v) is 2.21. The first-order chi connectivity index (χ1) is 3.83. The molecule has 0 bridgehead atoms. The number of hydrogen-bond acceptors (Lipinski definition) is 2. The molecule has 48 valence electrons. The van der Waals surface area contributed by atoms with Crippen LogP contribution in [0.2, 0.25) is 0 Å². The molecule has 0 aromatic carbocycles. The van der Waals surface area contributed by atoms with Crippen LogP contribution in [0.3, 0.4) is 0 Å². The molecule has 1 heterocycles. The van der Waals surface area contributed by atoms with Crippen LogP contribution in [-0.4, -0.2) is 28.3 Å². The molecule has 0 aliphatic carbocycles. The summed E-state index contributed by atoms with van der Waals surface area (Å²) in [5, 5.41) is 8.90. The smallest absolute Gasteiger partial charge is 0.0798 e. The van der Waals surface area contributed by atoms with Crippen LogP contribution in [0.5, 0.6) is 0 Å². The van der Waals surface area contributed by atoms with Crippen LogP contribution >= 0.6 is 22.6 Å². The Kier molecular flexibility index (Phi) is 2.52. The standard InChI is InChI=1S/C5H9IO2/c6-2-5-1-4(7)3-8-5/h4-5,7H,1-3H2/t4-,5+/m0/s1. The molecule has 8 heavy (non-hydrogen) atoms. The Morgan fingerprint density at radius 1 is 1.75 bits per heavy atom. The number of ether oxygens (including phenoxy) is 1. The summed E-state index contributed by atoms with van der Waals surface area (Å²) in [5.41, 5.74) is 0. The number of rotatable bonds is 1. The van der Waals surface area contributed by atoms with E-state index in [1.165, 1.54) is 0 Å². The minimum Gasteiger partial charge on any atom is -0.391 e.